The molecular weight excluding hydrogens is 476 g/mol. The molecule has 1 heterocycles. The first-order valence-electron chi connectivity index (χ1n) is 8.76. The van der Waals surface area contributed by atoms with Crippen molar-refractivity contribution in [2.75, 3.05) is 11.5 Å². The number of amides is 1. The predicted octanol–water partition coefficient (Wildman–Crippen LogP) is 5.09. The van der Waals surface area contributed by atoms with Crippen LogP contribution in [0.5, 0.6) is 0 Å². The first-order chi connectivity index (χ1) is 13.9. The Bertz CT molecular complexity index is 1000. The summed E-state index contributed by atoms with van der Waals surface area (Å²) in [5.74, 6) is -0.932. The number of carbonyl (C=O) groups is 2. The number of esters is 1. The van der Waals surface area contributed by atoms with Crippen LogP contribution in [0, 0.1) is 11.3 Å². The first kappa shape index (κ1) is 21.4. The molecule has 0 spiro atoms. The molecule has 0 radical (unpaired) electrons. The number of rotatable bonds is 5. The summed E-state index contributed by atoms with van der Waals surface area (Å²) in [6.07, 6.45) is 0.443. The van der Waals surface area contributed by atoms with Crippen molar-refractivity contribution in [2.24, 2.45) is 0 Å². The van der Waals surface area contributed by atoms with Crippen LogP contribution in [0.3, 0.4) is 0 Å². The minimum atomic E-state index is -0.737. The van der Waals surface area contributed by atoms with E-state index in [9.17, 15) is 14.9 Å². The lowest BCUT2D eigenvalue weighted by Crippen LogP contribution is -2.30. The summed E-state index contributed by atoms with van der Waals surface area (Å²) < 4.78 is 5.88. The number of halogens is 2. The number of ether oxygens (including phenoxy) is 1. The van der Waals surface area contributed by atoms with E-state index in [1.54, 1.807) is 43.3 Å². The van der Waals surface area contributed by atoms with Gasteiger partial charge in [-0.15, -0.1) is 0 Å². The molecule has 1 amide bonds. The minimum absolute atomic E-state index is 0.141. The van der Waals surface area contributed by atoms with Crippen molar-refractivity contribution in [3.8, 4) is 6.07 Å². The van der Waals surface area contributed by atoms with E-state index in [1.165, 1.54) is 16.7 Å². The molecule has 29 heavy (non-hydrogen) atoms. The number of thioether (sulfide) groups is 1. The van der Waals surface area contributed by atoms with E-state index in [2.05, 4.69) is 15.9 Å². The van der Waals surface area contributed by atoms with Gasteiger partial charge < -0.3 is 4.74 Å². The summed E-state index contributed by atoms with van der Waals surface area (Å²) in [6, 6.07) is 16.3. The number of anilines is 1. The monoisotopic (exact) mass is 490 g/mol. The molecule has 1 saturated heterocycles. The quantitative estimate of drug-likeness (QED) is 0.331. The second-order valence-electron chi connectivity index (χ2n) is 6.10. The standard InChI is InChI=1S/C21H16BrClN2O3S/c1-2-28-21(27)17(12-24)20-25(16-9-5-14(22)6-10-16)19(26)18(29-20)11-13-3-7-15(23)8-4-13/h3-10,18H,2,11H2,1H3/b20-17-/t18-/m0/s1. The maximum atomic E-state index is 13.2. The fourth-order valence-corrected chi connectivity index (χ4v) is 4.52. The molecule has 3 rings (SSSR count). The van der Waals surface area contributed by atoms with Crippen LogP contribution in [0.4, 0.5) is 5.69 Å². The molecule has 8 heteroatoms. The molecule has 1 atom stereocenters. The predicted molar refractivity (Wildman–Crippen MR) is 117 cm³/mol. The molecule has 0 bridgehead atoms. The summed E-state index contributed by atoms with van der Waals surface area (Å²) in [6.45, 7) is 1.81. The van der Waals surface area contributed by atoms with Gasteiger partial charge in [0.25, 0.3) is 0 Å². The molecule has 0 saturated carbocycles. The normalized spacial score (nSPS) is 17.8. The number of carbonyl (C=O) groups excluding carboxylic acids is 2. The van der Waals surface area contributed by atoms with Crippen molar-refractivity contribution < 1.29 is 14.3 Å². The number of benzene rings is 2. The van der Waals surface area contributed by atoms with Crippen LogP contribution in [0.2, 0.25) is 5.02 Å². The maximum absolute atomic E-state index is 13.2. The smallest absolute Gasteiger partial charge is 0.351 e. The second-order valence-corrected chi connectivity index (χ2v) is 8.64. The van der Waals surface area contributed by atoms with Crippen molar-refractivity contribution in [3.05, 3.63) is 74.2 Å². The highest BCUT2D eigenvalue weighted by Crippen LogP contribution is 2.42. The Morgan fingerprint density at radius 3 is 2.48 bits per heavy atom. The van der Waals surface area contributed by atoms with Gasteiger partial charge in [0.05, 0.1) is 11.9 Å². The van der Waals surface area contributed by atoms with Gasteiger partial charge in [-0.1, -0.05) is 51.4 Å². The summed E-state index contributed by atoms with van der Waals surface area (Å²) >= 11 is 10.5. The van der Waals surface area contributed by atoms with Crippen molar-refractivity contribution in [3.63, 3.8) is 0 Å². The van der Waals surface area contributed by atoms with Crippen molar-refractivity contribution in [1.29, 1.82) is 5.26 Å². The van der Waals surface area contributed by atoms with E-state index < -0.39 is 11.2 Å². The molecule has 0 aliphatic carbocycles. The number of nitrogens with zero attached hydrogens (tertiary/aromatic N) is 2. The van der Waals surface area contributed by atoms with Crippen LogP contribution in [-0.2, 0) is 20.7 Å². The maximum Gasteiger partial charge on any atom is 0.351 e. The summed E-state index contributed by atoms with van der Waals surface area (Å²) in [5.41, 5.74) is 1.34. The molecule has 0 unspecified atom stereocenters. The van der Waals surface area contributed by atoms with E-state index in [1.807, 2.05) is 18.2 Å². The third-order valence-corrected chi connectivity index (χ3v) is 6.22. The van der Waals surface area contributed by atoms with E-state index in [4.69, 9.17) is 16.3 Å². The second kappa shape index (κ2) is 9.49. The number of hydrogen-bond acceptors (Lipinski definition) is 5. The fraction of sp³-hybridized carbons (Fsp3) is 0.190. The molecule has 5 nitrogen and oxygen atoms in total. The largest absolute Gasteiger partial charge is 0.462 e. The topological polar surface area (TPSA) is 70.4 Å². The molecule has 1 fully saturated rings. The average Bonchev–Trinajstić information content (AvgIpc) is 3.01. The minimum Gasteiger partial charge on any atom is -0.462 e. The van der Waals surface area contributed by atoms with Gasteiger partial charge in [0.2, 0.25) is 5.91 Å². The lowest BCUT2D eigenvalue weighted by atomic mass is 10.1. The van der Waals surface area contributed by atoms with Gasteiger partial charge in [0, 0.05) is 15.2 Å². The van der Waals surface area contributed by atoms with Crippen LogP contribution >= 0.6 is 39.3 Å². The Kier molecular flexibility index (Phi) is 7.01. The first-order valence-corrected chi connectivity index (χ1v) is 10.8. The van der Waals surface area contributed by atoms with Crippen LogP contribution in [-0.4, -0.2) is 23.7 Å². The van der Waals surface area contributed by atoms with Gasteiger partial charge in [-0.25, -0.2) is 4.79 Å². The Balaban J connectivity index is 2.02. The van der Waals surface area contributed by atoms with Gasteiger partial charge in [-0.2, -0.15) is 5.26 Å². The highest BCUT2D eigenvalue weighted by atomic mass is 79.9. The van der Waals surface area contributed by atoms with E-state index >= 15 is 0 Å². The molecule has 0 N–H and O–H groups in total. The Labute approximate surface area is 186 Å². The number of hydrogen-bond donors (Lipinski definition) is 0. The van der Waals surface area contributed by atoms with Gasteiger partial charge in [0.1, 0.15) is 11.1 Å². The van der Waals surface area contributed by atoms with Gasteiger partial charge in [-0.05, 0) is 55.3 Å². The SMILES string of the molecule is CCOC(=O)/C(C#N)=C1\S[C@@H](Cc2ccc(Cl)cc2)C(=O)N1c1ccc(Br)cc1. The number of nitriles is 1. The molecule has 2 aromatic rings. The zero-order chi connectivity index (χ0) is 21.0. The van der Waals surface area contributed by atoms with E-state index in [0.29, 0.717) is 17.1 Å². The summed E-state index contributed by atoms with van der Waals surface area (Å²) in [5, 5.41) is 10.0. The highest BCUT2D eigenvalue weighted by Gasteiger charge is 2.41. The Morgan fingerprint density at radius 2 is 1.90 bits per heavy atom. The third-order valence-electron chi connectivity index (χ3n) is 4.18. The van der Waals surface area contributed by atoms with Crippen LogP contribution in [0.1, 0.15) is 12.5 Å². The van der Waals surface area contributed by atoms with Gasteiger partial charge in [-0.3, -0.25) is 9.69 Å². The van der Waals surface area contributed by atoms with Crippen molar-refractivity contribution in [2.45, 2.75) is 18.6 Å². The molecule has 2 aromatic carbocycles. The van der Waals surface area contributed by atoms with Crippen LogP contribution < -0.4 is 4.90 Å². The fourth-order valence-electron chi connectivity index (χ4n) is 2.83. The van der Waals surface area contributed by atoms with Gasteiger partial charge >= 0.3 is 5.97 Å². The molecule has 148 valence electrons. The third kappa shape index (κ3) is 4.84. The Morgan fingerprint density at radius 1 is 1.24 bits per heavy atom. The molecular formula is C21H16BrClN2O3S. The Hall–Kier alpha value is -2.27. The molecule has 1 aliphatic rings. The zero-order valence-corrected chi connectivity index (χ0v) is 18.6. The lowest BCUT2D eigenvalue weighted by molar-refractivity contribution is -0.138. The van der Waals surface area contributed by atoms with Crippen LogP contribution in [0.25, 0.3) is 0 Å². The summed E-state index contributed by atoms with van der Waals surface area (Å²) in [7, 11) is 0. The van der Waals surface area contributed by atoms with Crippen molar-refractivity contribution in [1.82, 2.24) is 0 Å². The average molecular weight is 492 g/mol. The summed E-state index contributed by atoms with van der Waals surface area (Å²) in [4.78, 5) is 27.0. The van der Waals surface area contributed by atoms with E-state index in [-0.39, 0.29) is 23.1 Å². The van der Waals surface area contributed by atoms with Crippen LogP contribution in [0.15, 0.2) is 63.6 Å². The highest BCUT2D eigenvalue weighted by molar-refractivity contribution is 9.10. The lowest BCUT2D eigenvalue weighted by Gasteiger charge is -2.18. The molecule has 0 aromatic heterocycles. The molecule has 1 aliphatic heterocycles. The van der Waals surface area contributed by atoms with Gasteiger partial charge in [0.15, 0.2) is 5.57 Å². The van der Waals surface area contributed by atoms with E-state index in [0.717, 1.165) is 10.0 Å². The van der Waals surface area contributed by atoms with Crippen molar-refractivity contribution >= 4 is 56.9 Å². The zero-order valence-electron chi connectivity index (χ0n) is 15.4.